The number of hydrogen-bond acceptors (Lipinski definition) is 2. The van der Waals surface area contributed by atoms with Crippen molar-refractivity contribution in [3.63, 3.8) is 0 Å². The quantitative estimate of drug-likeness (QED) is 0.839. The first kappa shape index (κ1) is 16.3. The summed E-state index contributed by atoms with van der Waals surface area (Å²) in [6.45, 7) is 6.35. The first-order valence-electron chi connectivity index (χ1n) is 6.01. The smallest absolute Gasteiger partial charge is 0.232 e. The number of amides is 1. The summed E-state index contributed by atoms with van der Waals surface area (Å²) in [6.07, 6.45) is 0. The van der Waals surface area contributed by atoms with Crippen molar-refractivity contribution in [2.45, 2.75) is 32.1 Å². The van der Waals surface area contributed by atoms with E-state index in [0.717, 1.165) is 0 Å². The second-order valence-electron chi connectivity index (χ2n) is 5.35. The number of nitrogens with zero attached hydrogens (tertiary/aromatic N) is 1. The lowest BCUT2D eigenvalue weighted by atomic mass is 10.2. The van der Waals surface area contributed by atoms with Crippen LogP contribution in [0.5, 0.6) is 0 Å². The summed E-state index contributed by atoms with van der Waals surface area (Å²) in [4.78, 5) is 13.5. The molecule has 0 aliphatic heterocycles. The third-order valence-corrected chi connectivity index (χ3v) is 4.12. The number of benzene rings is 1. The van der Waals surface area contributed by atoms with Crippen molar-refractivity contribution in [3.05, 3.63) is 34.6 Å². The topological polar surface area (TPSA) is 20.3 Å². The molecule has 0 N–H and O–H groups in total. The van der Waals surface area contributed by atoms with Gasteiger partial charge in [0.15, 0.2) is 0 Å². The van der Waals surface area contributed by atoms with Crippen LogP contribution < -0.4 is 0 Å². The van der Waals surface area contributed by atoms with Gasteiger partial charge in [0.05, 0.1) is 5.75 Å². The molecule has 19 heavy (non-hydrogen) atoms. The van der Waals surface area contributed by atoms with Crippen LogP contribution >= 0.6 is 23.4 Å². The number of thioether (sulfide) groups is 1. The van der Waals surface area contributed by atoms with Crippen molar-refractivity contribution in [2.24, 2.45) is 0 Å². The Labute approximate surface area is 123 Å². The standard InChI is InChI=1S/C14H19ClFNOS/c1-14(2,3)19-9-13(18)17(4)8-10-11(15)6-5-7-12(10)16/h5-7H,8-9H2,1-4H3. The Bertz CT molecular complexity index is 439. The molecule has 106 valence electrons. The van der Waals surface area contributed by atoms with E-state index >= 15 is 0 Å². The van der Waals surface area contributed by atoms with Gasteiger partial charge in [-0.05, 0) is 12.1 Å². The van der Waals surface area contributed by atoms with Crippen molar-refractivity contribution in [1.82, 2.24) is 4.90 Å². The zero-order chi connectivity index (χ0) is 14.6. The highest BCUT2D eigenvalue weighted by Gasteiger charge is 2.17. The van der Waals surface area contributed by atoms with E-state index in [1.165, 1.54) is 11.0 Å². The van der Waals surface area contributed by atoms with Gasteiger partial charge in [0, 0.05) is 28.9 Å². The van der Waals surface area contributed by atoms with Crippen LogP contribution in [0, 0.1) is 5.82 Å². The average Bonchev–Trinajstić information content (AvgIpc) is 2.29. The van der Waals surface area contributed by atoms with Crippen LogP contribution in [0.1, 0.15) is 26.3 Å². The lowest BCUT2D eigenvalue weighted by Gasteiger charge is -2.22. The molecule has 1 aromatic rings. The lowest BCUT2D eigenvalue weighted by molar-refractivity contribution is -0.127. The van der Waals surface area contributed by atoms with Gasteiger partial charge in [0.2, 0.25) is 5.91 Å². The minimum atomic E-state index is -0.379. The van der Waals surface area contributed by atoms with Crippen molar-refractivity contribution in [2.75, 3.05) is 12.8 Å². The van der Waals surface area contributed by atoms with E-state index in [9.17, 15) is 9.18 Å². The summed E-state index contributed by atoms with van der Waals surface area (Å²) in [5, 5.41) is 0.350. The zero-order valence-corrected chi connectivity index (χ0v) is 13.2. The maximum Gasteiger partial charge on any atom is 0.232 e. The van der Waals surface area contributed by atoms with E-state index in [1.807, 2.05) is 0 Å². The maximum absolute atomic E-state index is 13.6. The molecule has 1 amide bonds. The van der Waals surface area contributed by atoms with Crippen LogP contribution in [0.2, 0.25) is 5.02 Å². The molecular weight excluding hydrogens is 285 g/mol. The molecule has 0 fully saturated rings. The largest absolute Gasteiger partial charge is 0.341 e. The Morgan fingerprint density at radius 2 is 2.05 bits per heavy atom. The second kappa shape index (κ2) is 6.62. The van der Waals surface area contributed by atoms with Crippen LogP contribution in [0.15, 0.2) is 18.2 Å². The fourth-order valence-electron chi connectivity index (χ4n) is 1.40. The average molecular weight is 304 g/mol. The maximum atomic E-state index is 13.6. The van der Waals surface area contributed by atoms with Gasteiger partial charge in [-0.15, -0.1) is 11.8 Å². The van der Waals surface area contributed by atoms with Crippen LogP contribution in [-0.4, -0.2) is 28.4 Å². The predicted octanol–water partition coefficient (Wildman–Crippen LogP) is 3.97. The lowest BCUT2D eigenvalue weighted by Crippen LogP contribution is -2.29. The molecule has 0 aliphatic carbocycles. The van der Waals surface area contributed by atoms with Gasteiger partial charge in [-0.1, -0.05) is 38.4 Å². The molecule has 5 heteroatoms. The fraction of sp³-hybridized carbons (Fsp3) is 0.500. The van der Waals surface area contributed by atoms with Crippen LogP contribution in [0.4, 0.5) is 4.39 Å². The van der Waals surface area contributed by atoms with E-state index < -0.39 is 0 Å². The molecule has 0 spiro atoms. The number of hydrogen-bond donors (Lipinski definition) is 0. The van der Waals surface area contributed by atoms with Gasteiger partial charge in [-0.25, -0.2) is 4.39 Å². The normalized spacial score (nSPS) is 11.5. The minimum absolute atomic E-state index is 0.0285. The van der Waals surface area contributed by atoms with Crippen molar-refractivity contribution < 1.29 is 9.18 Å². The first-order chi connectivity index (χ1) is 8.70. The van der Waals surface area contributed by atoms with E-state index in [-0.39, 0.29) is 23.0 Å². The summed E-state index contributed by atoms with van der Waals surface area (Å²) in [5.74, 6) is -0.0265. The predicted molar refractivity (Wildman–Crippen MR) is 80.1 cm³/mol. The summed E-state index contributed by atoms with van der Waals surface area (Å²) in [6, 6.07) is 4.53. The Balaban J connectivity index is 2.64. The molecule has 0 saturated heterocycles. The van der Waals surface area contributed by atoms with E-state index in [0.29, 0.717) is 16.3 Å². The van der Waals surface area contributed by atoms with Gasteiger partial charge >= 0.3 is 0 Å². The molecule has 0 atom stereocenters. The van der Waals surface area contributed by atoms with Gasteiger partial charge in [-0.3, -0.25) is 4.79 Å². The Hall–Kier alpha value is -0.740. The van der Waals surface area contributed by atoms with Gasteiger partial charge in [0.1, 0.15) is 5.82 Å². The number of carbonyl (C=O) groups excluding carboxylic acids is 1. The molecule has 0 heterocycles. The molecule has 0 radical (unpaired) electrons. The van der Waals surface area contributed by atoms with E-state index in [4.69, 9.17) is 11.6 Å². The van der Waals surface area contributed by atoms with Crippen molar-refractivity contribution in [3.8, 4) is 0 Å². The van der Waals surface area contributed by atoms with Crippen LogP contribution in [-0.2, 0) is 11.3 Å². The second-order valence-corrected chi connectivity index (χ2v) is 7.56. The van der Waals surface area contributed by atoms with Gasteiger partial charge in [0.25, 0.3) is 0 Å². The monoisotopic (exact) mass is 303 g/mol. The zero-order valence-electron chi connectivity index (χ0n) is 11.7. The molecule has 0 saturated carbocycles. The molecule has 2 nitrogen and oxygen atoms in total. The number of halogens is 2. The molecule has 1 aromatic carbocycles. The summed E-state index contributed by atoms with van der Waals surface area (Å²) in [7, 11) is 1.66. The molecule has 1 rings (SSSR count). The van der Waals surface area contributed by atoms with E-state index in [1.54, 1.807) is 30.9 Å². The van der Waals surface area contributed by atoms with Crippen molar-refractivity contribution in [1.29, 1.82) is 0 Å². The van der Waals surface area contributed by atoms with Gasteiger partial charge in [-0.2, -0.15) is 0 Å². The molecule has 0 aliphatic rings. The van der Waals surface area contributed by atoms with E-state index in [2.05, 4.69) is 20.8 Å². The highest BCUT2D eigenvalue weighted by molar-refractivity contribution is 8.01. The molecule has 0 bridgehead atoms. The third kappa shape index (κ3) is 5.41. The van der Waals surface area contributed by atoms with Crippen LogP contribution in [0.25, 0.3) is 0 Å². The molecular formula is C14H19ClFNOS. The highest BCUT2D eigenvalue weighted by Crippen LogP contribution is 2.24. The van der Waals surface area contributed by atoms with Gasteiger partial charge < -0.3 is 4.90 Å². The Morgan fingerprint density at radius 3 is 2.58 bits per heavy atom. The Morgan fingerprint density at radius 1 is 1.42 bits per heavy atom. The fourth-order valence-corrected chi connectivity index (χ4v) is 2.40. The van der Waals surface area contributed by atoms with Crippen molar-refractivity contribution >= 4 is 29.3 Å². The SMILES string of the molecule is CN(Cc1c(F)cccc1Cl)C(=O)CSC(C)(C)C. The number of rotatable bonds is 4. The summed E-state index contributed by atoms with van der Waals surface area (Å²) >= 11 is 7.52. The third-order valence-electron chi connectivity index (χ3n) is 2.51. The Kier molecular flexibility index (Phi) is 5.68. The molecule has 0 aromatic heterocycles. The first-order valence-corrected chi connectivity index (χ1v) is 7.38. The summed E-state index contributed by atoms with van der Waals surface area (Å²) < 4.78 is 13.7. The minimum Gasteiger partial charge on any atom is -0.341 e. The summed E-state index contributed by atoms with van der Waals surface area (Å²) in [5.41, 5.74) is 0.362. The van der Waals surface area contributed by atoms with Crippen LogP contribution in [0.3, 0.4) is 0 Å². The highest BCUT2D eigenvalue weighted by atomic mass is 35.5. The molecule has 0 unspecified atom stereocenters. The number of carbonyl (C=O) groups is 1.